The number of aryl methyl sites for hydroxylation is 1. The van der Waals surface area contributed by atoms with Gasteiger partial charge in [0.15, 0.2) is 0 Å². The van der Waals surface area contributed by atoms with Crippen molar-refractivity contribution in [3.63, 3.8) is 0 Å². The average molecular weight is 479 g/mol. The predicted molar refractivity (Wildman–Crippen MR) is 129 cm³/mol. The fraction of sp³-hybridized carbons (Fsp3) is 0.458. The van der Waals surface area contributed by atoms with E-state index in [1.807, 2.05) is 18.7 Å². The van der Waals surface area contributed by atoms with E-state index in [0.29, 0.717) is 6.54 Å². The molecular weight excluding hydrogens is 447 g/mol. The van der Waals surface area contributed by atoms with Crippen LogP contribution in [0.25, 0.3) is 0 Å². The molecule has 2 aromatic rings. The van der Waals surface area contributed by atoms with Crippen LogP contribution >= 0.6 is 11.8 Å². The summed E-state index contributed by atoms with van der Waals surface area (Å²) < 4.78 is 41.9. The summed E-state index contributed by atoms with van der Waals surface area (Å²) in [5, 5.41) is 3.51. The number of sulfonamides is 1. The molecule has 32 heavy (non-hydrogen) atoms. The predicted octanol–water partition coefficient (Wildman–Crippen LogP) is 4.90. The van der Waals surface area contributed by atoms with Crippen LogP contribution in [0.4, 0.5) is 10.1 Å². The van der Waals surface area contributed by atoms with Crippen LogP contribution in [0.15, 0.2) is 53.4 Å². The lowest BCUT2D eigenvalue weighted by Gasteiger charge is -2.24. The van der Waals surface area contributed by atoms with Crippen LogP contribution in [0.5, 0.6) is 0 Å². The topological polar surface area (TPSA) is 66.5 Å². The summed E-state index contributed by atoms with van der Waals surface area (Å²) in [4.78, 5) is 12.6. The van der Waals surface area contributed by atoms with Crippen molar-refractivity contribution >= 4 is 33.4 Å². The third-order valence-corrected chi connectivity index (χ3v) is 8.81. The molecule has 8 heteroatoms. The van der Waals surface area contributed by atoms with Gasteiger partial charge in [-0.1, -0.05) is 49.1 Å². The molecule has 1 amide bonds. The molecule has 0 aromatic heterocycles. The minimum atomic E-state index is -4.11. The van der Waals surface area contributed by atoms with E-state index in [4.69, 9.17) is 0 Å². The highest BCUT2D eigenvalue weighted by Gasteiger charge is 2.29. The molecule has 174 valence electrons. The van der Waals surface area contributed by atoms with Gasteiger partial charge in [-0.05, 0) is 56.2 Å². The van der Waals surface area contributed by atoms with E-state index in [1.54, 1.807) is 18.2 Å². The van der Waals surface area contributed by atoms with Crippen LogP contribution in [0, 0.1) is 12.7 Å². The first-order valence-corrected chi connectivity index (χ1v) is 13.6. The Morgan fingerprint density at radius 3 is 2.47 bits per heavy atom. The summed E-state index contributed by atoms with van der Waals surface area (Å²) in [5.41, 5.74) is 0.765. The van der Waals surface area contributed by atoms with Gasteiger partial charge in [-0.2, -0.15) is 11.8 Å². The number of carbonyl (C=O) groups is 1. The summed E-state index contributed by atoms with van der Waals surface area (Å²) in [6.07, 6.45) is 7.29. The number of nitrogens with one attached hydrogen (secondary N) is 1. The lowest BCUT2D eigenvalue weighted by atomic mass is 10.0. The first-order chi connectivity index (χ1) is 15.4. The smallest absolute Gasteiger partial charge is 0.264 e. The van der Waals surface area contributed by atoms with Gasteiger partial charge >= 0.3 is 0 Å². The summed E-state index contributed by atoms with van der Waals surface area (Å²) >= 11 is 1.96. The number of nitrogens with zero attached hydrogens (tertiary/aromatic N) is 1. The van der Waals surface area contributed by atoms with Gasteiger partial charge in [0.25, 0.3) is 10.0 Å². The standard InChI is InChI=1S/C24H31FN2O3S2/c1-19-12-14-21(15-13-19)32(29,30)27(23-11-6-5-10-22(23)25)18-24(28)26-16-7-17-31-20-8-3-2-4-9-20/h5-6,10-15,20H,2-4,7-9,16-18H2,1H3,(H,26,28). The van der Waals surface area contributed by atoms with Gasteiger partial charge in [0, 0.05) is 11.8 Å². The highest BCUT2D eigenvalue weighted by molar-refractivity contribution is 7.99. The number of benzene rings is 2. The summed E-state index contributed by atoms with van der Waals surface area (Å²) in [6, 6.07) is 11.9. The van der Waals surface area contributed by atoms with Crippen molar-refractivity contribution in [3.05, 3.63) is 59.9 Å². The van der Waals surface area contributed by atoms with Crippen LogP contribution in [0.2, 0.25) is 0 Å². The first-order valence-electron chi connectivity index (χ1n) is 11.1. The van der Waals surface area contributed by atoms with Crippen molar-refractivity contribution in [2.75, 3.05) is 23.1 Å². The Balaban J connectivity index is 1.63. The maximum absolute atomic E-state index is 14.5. The van der Waals surface area contributed by atoms with E-state index >= 15 is 0 Å². The van der Waals surface area contributed by atoms with Crippen molar-refractivity contribution in [3.8, 4) is 0 Å². The molecule has 1 aliphatic carbocycles. The fourth-order valence-corrected chi connectivity index (χ4v) is 6.50. The number of rotatable bonds is 10. The summed E-state index contributed by atoms with van der Waals surface area (Å²) in [5.74, 6) is -0.185. The van der Waals surface area contributed by atoms with Gasteiger partial charge in [-0.25, -0.2) is 12.8 Å². The molecule has 2 aromatic carbocycles. The number of para-hydroxylation sites is 1. The molecule has 0 saturated heterocycles. The Bertz CT molecular complexity index is 991. The van der Waals surface area contributed by atoms with Crippen molar-refractivity contribution < 1.29 is 17.6 Å². The molecule has 1 fully saturated rings. The Morgan fingerprint density at radius 2 is 1.78 bits per heavy atom. The van der Waals surface area contributed by atoms with Crippen molar-refractivity contribution in [1.29, 1.82) is 0 Å². The van der Waals surface area contributed by atoms with Gasteiger partial charge in [0.2, 0.25) is 5.91 Å². The van der Waals surface area contributed by atoms with Crippen LogP contribution in [-0.2, 0) is 14.8 Å². The average Bonchev–Trinajstić information content (AvgIpc) is 2.79. The highest BCUT2D eigenvalue weighted by Crippen LogP contribution is 2.28. The SMILES string of the molecule is Cc1ccc(S(=O)(=O)N(CC(=O)NCCCSC2CCCCC2)c2ccccc2F)cc1. The minimum Gasteiger partial charge on any atom is -0.354 e. The zero-order valence-electron chi connectivity index (χ0n) is 18.4. The lowest BCUT2D eigenvalue weighted by Crippen LogP contribution is -2.41. The second-order valence-corrected chi connectivity index (χ2v) is 11.4. The van der Waals surface area contributed by atoms with Crippen LogP contribution in [0.3, 0.4) is 0 Å². The molecule has 5 nitrogen and oxygen atoms in total. The second-order valence-electron chi connectivity index (χ2n) is 8.11. The number of anilines is 1. The van der Waals surface area contributed by atoms with Gasteiger partial charge in [-0.3, -0.25) is 9.10 Å². The summed E-state index contributed by atoms with van der Waals surface area (Å²) in [6.45, 7) is 1.84. The first kappa shape index (κ1) is 24.6. The highest BCUT2D eigenvalue weighted by atomic mass is 32.2. The van der Waals surface area contributed by atoms with E-state index in [-0.39, 0.29) is 10.6 Å². The fourth-order valence-electron chi connectivity index (χ4n) is 3.76. The minimum absolute atomic E-state index is 0.0167. The molecule has 1 N–H and O–H groups in total. The van der Waals surface area contributed by atoms with E-state index in [2.05, 4.69) is 5.32 Å². The molecular formula is C24H31FN2O3S2. The maximum Gasteiger partial charge on any atom is 0.264 e. The molecule has 0 heterocycles. The number of halogens is 1. The van der Waals surface area contributed by atoms with E-state index < -0.39 is 28.3 Å². The normalized spacial score (nSPS) is 14.8. The van der Waals surface area contributed by atoms with Crippen molar-refractivity contribution in [1.82, 2.24) is 5.32 Å². The molecule has 0 aliphatic heterocycles. The van der Waals surface area contributed by atoms with Crippen LogP contribution in [-0.4, -0.2) is 38.4 Å². The van der Waals surface area contributed by atoms with E-state index in [1.165, 1.54) is 62.4 Å². The third-order valence-electron chi connectivity index (χ3n) is 5.57. The Kier molecular flexibility index (Phi) is 8.99. The van der Waals surface area contributed by atoms with Crippen molar-refractivity contribution in [2.24, 2.45) is 0 Å². The molecule has 1 saturated carbocycles. The number of hydrogen-bond donors (Lipinski definition) is 1. The monoisotopic (exact) mass is 478 g/mol. The van der Waals surface area contributed by atoms with Gasteiger partial charge < -0.3 is 5.32 Å². The van der Waals surface area contributed by atoms with Crippen LogP contribution < -0.4 is 9.62 Å². The number of carbonyl (C=O) groups excluding carboxylic acids is 1. The molecule has 0 radical (unpaired) electrons. The van der Waals surface area contributed by atoms with Gasteiger partial charge in [0.05, 0.1) is 10.6 Å². The molecule has 0 unspecified atom stereocenters. The second kappa shape index (κ2) is 11.7. The summed E-state index contributed by atoms with van der Waals surface area (Å²) in [7, 11) is -4.11. The van der Waals surface area contributed by atoms with Crippen LogP contribution in [0.1, 0.15) is 44.1 Å². The van der Waals surface area contributed by atoms with E-state index in [9.17, 15) is 17.6 Å². The third kappa shape index (κ3) is 6.72. The molecule has 3 rings (SSSR count). The largest absolute Gasteiger partial charge is 0.354 e. The molecule has 1 aliphatic rings. The Hall–Kier alpha value is -2.06. The Morgan fingerprint density at radius 1 is 1.09 bits per heavy atom. The Labute approximate surface area is 194 Å². The molecule has 0 spiro atoms. The zero-order chi connectivity index (χ0) is 23.0. The lowest BCUT2D eigenvalue weighted by molar-refractivity contribution is -0.119. The van der Waals surface area contributed by atoms with Gasteiger partial charge in [-0.15, -0.1) is 0 Å². The molecule has 0 atom stereocenters. The number of thioether (sulfide) groups is 1. The molecule has 0 bridgehead atoms. The quantitative estimate of drug-likeness (QED) is 0.493. The zero-order valence-corrected chi connectivity index (χ0v) is 20.1. The van der Waals surface area contributed by atoms with Crippen molar-refractivity contribution in [2.45, 2.75) is 55.6 Å². The van der Waals surface area contributed by atoms with Gasteiger partial charge in [0.1, 0.15) is 12.4 Å². The number of hydrogen-bond acceptors (Lipinski definition) is 4. The number of amides is 1. The van der Waals surface area contributed by atoms with E-state index in [0.717, 1.165) is 27.3 Å². The maximum atomic E-state index is 14.5.